The maximum atomic E-state index is 12.5. The monoisotopic (exact) mass is 306 g/mol. The standard InChI is InChI=1S/C14H14N2O4S/c1-8-11(15-12(21-8)10-5-3-7-20-10)13(17)16-6-2-4-9(16)14(18)19/h3,5,7,9H,2,4,6H2,1H3,(H,18,19). The zero-order valence-corrected chi connectivity index (χ0v) is 12.2. The molecule has 21 heavy (non-hydrogen) atoms. The van der Waals surface area contributed by atoms with Crippen molar-refractivity contribution in [1.82, 2.24) is 9.88 Å². The van der Waals surface area contributed by atoms with Crippen molar-refractivity contribution in [2.45, 2.75) is 25.8 Å². The highest BCUT2D eigenvalue weighted by Gasteiger charge is 2.36. The second-order valence-electron chi connectivity index (χ2n) is 4.90. The van der Waals surface area contributed by atoms with E-state index < -0.39 is 12.0 Å². The average Bonchev–Trinajstić information content (AvgIpc) is 3.18. The molecule has 1 aliphatic rings. The van der Waals surface area contributed by atoms with E-state index >= 15 is 0 Å². The lowest BCUT2D eigenvalue weighted by atomic mass is 10.2. The van der Waals surface area contributed by atoms with Gasteiger partial charge in [-0.1, -0.05) is 0 Å². The van der Waals surface area contributed by atoms with E-state index in [9.17, 15) is 14.7 Å². The predicted molar refractivity (Wildman–Crippen MR) is 76.2 cm³/mol. The number of aryl methyl sites for hydroxylation is 1. The van der Waals surface area contributed by atoms with E-state index in [1.807, 2.05) is 6.92 Å². The number of aliphatic carboxylic acids is 1. The molecule has 3 heterocycles. The van der Waals surface area contributed by atoms with E-state index in [4.69, 9.17) is 4.42 Å². The van der Waals surface area contributed by atoms with Gasteiger partial charge >= 0.3 is 5.97 Å². The molecule has 1 fully saturated rings. The lowest BCUT2D eigenvalue weighted by Crippen LogP contribution is -2.40. The summed E-state index contributed by atoms with van der Waals surface area (Å²) in [7, 11) is 0. The largest absolute Gasteiger partial charge is 0.480 e. The van der Waals surface area contributed by atoms with Crippen LogP contribution in [0.25, 0.3) is 10.8 Å². The molecule has 1 saturated heterocycles. The van der Waals surface area contributed by atoms with Crippen LogP contribution in [0.3, 0.4) is 0 Å². The first-order valence-electron chi connectivity index (χ1n) is 6.63. The van der Waals surface area contributed by atoms with Crippen LogP contribution in [0.15, 0.2) is 22.8 Å². The number of carbonyl (C=O) groups is 2. The number of hydrogen-bond donors (Lipinski definition) is 1. The third-order valence-electron chi connectivity index (χ3n) is 3.53. The number of carboxylic acid groups (broad SMARTS) is 1. The molecule has 2 aromatic rings. The molecule has 1 amide bonds. The Bertz CT molecular complexity index is 677. The predicted octanol–water partition coefficient (Wildman–Crippen LogP) is 2.40. The van der Waals surface area contributed by atoms with Crippen molar-refractivity contribution in [3.8, 4) is 10.8 Å². The van der Waals surface area contributed by atoms with Crippen LogP contribution in [-0.2, 0) is 4.79 Å². The van der Waals surface area contributed by atoms with Crippen molar-refractivity contribution in [3.05, 3.63) is 29.0 Å². The summed E-state index contributed by atoms with van der Waals surface area (Å²) < 4.78 is 5.28. The second kappa shape index (κ2) is 5.33. The first kappa shape index (κ1) is 13.8. The summed E-state index contributed by atoms with van der Waals surface area (Å²) >= 11 is 1.37. The van der Waals surface area contributed by atoms with E-state index in [1.54, 1.807) is 18.4 Å². The number of rotatable bonds is 3. The third kappa shape index (κ3) is 2.44. The van der Waals surface area contributed by atoms with E-state index in [1.165, 1.54) is 16.2 Å². The Morgan fingerprint density at radius 2 is 2.33 bits per heavy atom. The minimum Gasteiger partial charge on any atom is -0.480 e. The molecule has 0 saturated carbocycles. The molecule has 0 aromatic carbocycles. The van der Waals surface area contributed by atoms with Crippen LogP contribution in [0, 0.1) is 6.92 Å². The Hall–Kier alpha value is -2.15. The normalized spacial score (nSPS) is 18.1. The SMILES string of the molecule is Cc1sc(-c2ccco2)nc1C(=O)N1CCCC1C(=O)O. The van der Waals surface area contributed by atoms with Crippen LogP contribution in [0.4, 0.5) is 0 Å². The Kier molecular flexibility index (Phi) is 3.50. The van der Waals surface area contributed by atoms with Crippen molar-refractivity contribution >= 4 is 23.2 Å². The van der Waals surface area contributed by atoms with E-state index in [-0.39, 0.29) is 5.91 Å². The lowest BCUT2D eigenvalue weighted by Gasteiger charge is -2.20. The van der Waals surface area contributed by atoms with Gasteiger partial charge in [-0.05, 0) is 31.9 Å². The summed E-state index contributed by atoms with van der Waals surface area (Å²) in [5.41, 5.74) is 0.319. The summed E-state index contributed by atoms with van der Waals surface area (Å²) in [5, 5.41) is 9.81. The Balaban J connectivity index is 1.90. The zero-order valence-electron chi connectivity index (χ0n) is 11.4. The van der Waals surface area contributed by atoms with Gasteiger partial charge in [0.1, 0.15) is 11.7 Å². The Morgan fingerprint density at radius 1 is 1.52 bits per heavy atom. The molecule has 0 radical (unpaired) electrons. The molecule has 0 spiro atoms. The fourth-order valence-corrected chi connectivity index (χ4v) is 3.38. The molecule has 1 N–H and O–H groups in total. The van der Waals surface area contributed by atoms with Crippen LogP contribution in [0.2, 0.25) is 0 Å². The first-order valence-corrected chi connectivity index (χ1v) is 7.44. The Morgan fingerprint density at radius 3 is 3.00 bits per heavy atom. The van der Waals surface area contributed by atoms with Gasteiger partial charge in [-0.2, -0.15) is 0 Å². The minimum atomic E-state index is -0.958. The quantitative estimate of drug-likeness (QED) is 0.941. The van der Waals surface area contributed by atoms with E-state index in [0.29, 0.717) is 35.8 Å². The van der Waals surface area contributed by atoms with Gasteiger partial charge in [-0.25, -0.2) is 9.78 Å². The summed E-state index contributed by atoms with van der Waals surface area (Å²) in [6, 6.07) is 2.79. The fraction of sp³-hybridized carbons (Fsp3) is 0.357. The number of hydrogen-bond acceptors (Lipinski definition) is 5. The highest BCUT2D eigenvalue weighted by atomic mass is 32.1. The molecule has 2 aromatic heterocycles. The number of furan rings is 1. The van der Waals surface area contributed by atoms with Gasteiger partial charge in [-0.3, -0.25) is 4.79 Å². The van der Waals surface area contributed by atoms with Crippen molar-refractivity contribution in [2.24, 2.45) is 0 Å². The summed E-state index contributed by atoms with van der Waals surface area (Å²) in [5.74, 6) is -0.662. The lowest BCUT2D eigenvalue weighted by molar-refractivity contribution is -0.141. The van der Waals surface area contributed by atoms with Crippen LogP contribution in [0.1, 0.15) is 28.2 Å². The summed E-state index contributed by atoms with van der Waals surface area (Å²) in [6.45, 7) is 2.27. The van der Waals surface area contributed by atoms with Crippen LogP contribution >= 0.6 is 11.3 Å². The van der Waals surface area contributed by atoms with E-state index in [0.717, 1.165) is 4.88 Å². The molecule has 6 nitrogen and oxygen atoms in total. The third-order valence-corrected chi connectivity index (χ3v) is 4.52. The molecular weight excluding hydrogens is 292 g/mol. The van der Waals surface area contributed by atoms with Crippen molar-refractivity contribution in [2.75, 3.05) is 6.54 Å². The summed E-state index contributed by atoms with van der Waals surface area (Å²) in [4.78, 5) is 30.2. The van der Waals surface area contributed by atoms with Crippen molar-refractivity contribution < 1.29 is 19.1 Å². The van der Waals surface area contributed by atoms with Crippen molar-refractivity contribution in [1.29, 1.82) is 0 Å². The molecule has 0 aliphatic carbocycles. The van der Waals surface area contributed by atoms with Gasteiger partial charge < -0.3 is 14.4 Å². The number of nitrogens with zero attached hydrogens (tertiary/aromatic N) is 2. The number of carboxylic acids is 1. The number of likely N-dealkylation sites (tertiary alicyclic amines) is 1. The zero-order chi connectivity index (χ0) is 15.0. The van der Waals surface area contributed by atoms with E-state index in [2.05, 4.69) is 4.98 Å². The number of aromatic nitrogens is 1. The Labute approximate surface area is 125 Å². The minimum absolute atomic E-state index is 0.313. The van der Waals surface area contributed by atoms with Gasteiger partial charge in [-0.15, -0.1) is 11.3 Å². The highest BCUT2D eigenvalue weighted by molar-refractivity contribution is 7.15. The number of thiazole rings is 1. The average molecular weight is 306 g/mol. The molecule has 1 aliphatic heterocycles. The molecule has 110 valence electrons. The molecule has 7 heteroatoms. The molecule has 3 rings (SSSR count). The maximum Gasteiger partial charge on any atom is 0.326 e. The van der Waals surface area contributed by atoms with Gasteiger partial charge in [0.2, 0.25) is 0 Å². The van der Waals surface area contributed by atoms with Crippen LogP contribution < -0.4 is 0 Å². The fourth-order valence-electron chi connectivity index (χ4n) is 2.50. The van der Waals surface area contributed by atoms with Gasteiger partial charge in [0.25, 0.3) is 5.91 Å². The molecular formula is C14H14N2O4S. The highest BCUT2D eigenvalue weighted by Crippen LogP contribution is 2.30. The molecule has 1 atom stereocenters. The number of carbonyl (C=O) groups excluding carboxylic acids is 1. The number of amides is 1. The first-order chi connectivity index (χ1) is 10.1. The second-order valence-corrected chi connectivity index (χ2v) is 6.10. The van der Waals surface area contributed by atoms with Crippen LogP contribution in [-0.4, -0.2) is 39.5 Å². The van der Waals surface area contributed by atoms with Crippen LogP contribution in [0.5, 0.6) is 0 Å². The molecule has 1 unspecified atom stereocenters. The van der Waals surface area contributed by atoms with Crippen molar-refractivity contribution in [3.63, 3.8) is 0 Å². The summed E-state index contributed by atoms with van der Waals surface area (Å²) in [6.07, 6.45) is 2.75. The van der Waals surface area contributed by atoms with Gasteiger partial charge in [0.15, 0.2) is 10.8 Å². The molecule has 0 bridgehead atoms. The van der Waals surface area contributed by atoms with Gasteiger partial charge in [0.05, 0.1) is 6.26 Å². The topological polar surface area (TPSA) is 83.6 Å². The smallest absolute Gasteiger partial charge is 0.326 e. The van der Waals surface area contributed by atoms with Gasteiger partial charge in [0, 0.05) is 11.4 Å². The maximum absolute atomic E-state index is 12.5.